The summed E-state index contributed by atoms with van der Waals surface area (Å²) in [5.41, 5.74) is 2.05. The molecule has 0 aromatic carbocycles. The normalized spacial score (nSPS) is 46.3. The number of nitrogens with zero attached hydrogens (tertiary/aromatic N) is 1. The molecule has 8 atom stereocenters. The second-order valence-corrected chi connectivity index (χ2v) is 20.6. The molecule has 1 amide bonds. The van der Waals surface area contributed by atoms with Gasteiger partial charge in [-0.3, -0.25) is 4.79 Å². The smallest absolute Gasteiger partial charge is 0.229 e. The fourth-order valence-electron chi connectivity index (χ4n) is 12.6. The third-order valence-electron chi connectivity index (χ3n) is 15.5. The van der Waals surface area contributed by atoms with E-state index < -0.39 is 9.84 Å². The average molecular weight is 614 g/mol. The molecule has 6 aliphatic rings. The lowest BCUT2D eigenvalue weighted by Crippen LogP contribution is -2.65. The number of allylic oxidation sites excluding steroid dienone is 2. The largest absolute Gasteiger partial charge is 0.340 e. The SMILES string of the molecule is CC(=O)C[C@H]1CC[C@]2(C)[C@H]3CC=C4[C@@H]5CC(C)(C)CC[C@]5(C(=O)N5CCS(=O)(=O)CC5)CC[C@@]4(C)[C@]3(C)CC[C@H]2C1(C)C. The summed E-state index contributed by atoms with van der Waals surface area (Å²) in [6.07, 6.45) is 14.3. The summed E-state index contributed by atoms with van der Waals surface area (Å²) >= 11 is 0. The lowest BCUT2D eigenvalue weighted by Gasteiger charge is -2.71. The van der Waals surface area contributed by atoms with Gasteiger partial charge in [-0.2, -0.15) is 0 Å². The maximum absolute atomic E-state index is 14.6. The summed E-state index contributed by atoms with van der Waals surface area (Å²) in [7, 11) is -3.04. The first-order valence-electron chi connectivity index (χ1n) is 17.5. The predicted octanol–water partition coefficient (Wildman–Crippen LogP) is 7.64. The van der Waals surface area contributed by atoms with Gasteiger partial charge in [-0.25, -0.2) is 8.42 Å². The van der Waals surface area contributed by atoms with Crippen molar-refractivity contribution >= 4 is 21.5 Å². The van der Waals surface area contributed by atoms with Crippen LogP contribution in [-0.2, 0) is 19.4 Å². The molecule has 1 saturated heterocycles. The zero-order valence-electron chi connectivity index (χ0n) is 28.5. The van der Waals surface area contributed by atoms with E-state index in [1.165, 1.54) is 19.3 Å². The van der Waals surface area contributed by atoms with Gasteiger partial charge in [0.05, 0.1) is 16.9 Å². The number of hydrogen-bond acceptors (Lipinski definition) is 4. The Morgan fingerprint density at radius 2 is 1.51 bits per heavy atom. The van der Waals surface area contributed by atoms with Crippen LogP contribution in [0.4, 0.5) is 0 Å². The van der Waals surface area contributed by atoms with Gasteiger partial charge in [-0.1, -0.05) is 60.1 Å². The van der Waals surface area contributed by atoms with E-state index in [9.17, 15) is 18.0 Å². The molecule has 0 radical (unpaired) electrons. The van der Waals surface area contributed by atoms with Crippen LogP contribution in [0.1, 0.15) is 126 Å². The summed E-state index contributed by atoms with van der Waals surface area (Å²) in [6, 6.07) is 0. The Morgan fingerprint density at radius 1 is 0.860 bits per heavy atom. The van der Waals surface area contributed by atoms with Gasteiger partial charge in [0, 0.05) is 19.5 Å². The Bertz CT molecular complexity index is 1320. The number of hydrogen-bond donors (Lipinski definition) is 0. The van der Waals surface area contributed by atoms with Crippen LogP contribution in [0.3, 0.4) is 0 Å². The molecule has 43 heavy (non-hydrogen) atoms. The monoisotopic (exact) mass is 613 g/mol. The second kappa shape index (κ2) is 9.91. The first-order chi connectivity index (χ1) is 19.8. The van der Waals surface area contributed by atoms with Crippen molar-refractivity contribution in [2.45, 2.75) is 126 Å². The highest BCUT2D eigenvalue weighted by molar-refractivity contribution is 7.91. The third kappa shape index (κ3) is 4.59. The Kier molecular flexibility index (Phi) is 7.33. The number of ketones is 1. The molecule has 0 N–H and O–H groups in total. The highest BCUT2D eigenvalue weighted by Crippen LogP contribution is 2.76. The van der Waals surface area contributed by atoms with E-state index in [-0.39, 0.29) is 55.8 Å². The summed E-state index contributed by atoms with van der Waals surface area (Å²) < 4.78 is 24.5. The van der Waals surface area contributed by atoms with Crippen molar-refractivity contribution in [2.24, 2.45) is 56.2 Å². The zero-order valence-corrected chi connectivity index (χ0v) is 29.3. The second-order valence-electron chi connectivity index (χ2n) is 18.3. The van der Waals surface area contributed by atoms with Crippen molar-refractivity contribution in [2.75, 3.05) is 24.6 Å². The molecule has 5 nitrogen and oxygen atoms in total. The summed E-state index contributed by atoms with van der Waals surface area (Å²) in [5.74, 6) is 2.75. The van der Waals surface area contributed by atoms with E-state index in [0.717, 1.165) is 51.4 Å². The first kappa shape index (κ1) is 31.8. The summed E-state index contributed by atoms with van der Waals surface area (Å²) in [4.78, 5) is 28.7. The Hall–Kier alpha value is -1.17. The molecule has 0 unspecified atom stereocenters. The van der Waals surface area contributed by atoms with E-state index in [1.54, 1.807) is 12.5 Å². The van der Waals surface area contributed by atoms with Crippen LogP contribution in [0.15, 0.2) is 11.6 Å². The number of carbonyl (C=O) groups is 2. The van der Waals surface area contributed by atoms with Gasteiger partial charge in [0.1, 0.15) is 5.78 Å². The summed E-state index contributed by atoms with van der Waals surface area (Å²) in [5, 5.41) is 0. The first-order valence-corrected chi connectivity index (χ1v) is 19.3. The highest BCUT2D eigenvalue weighted by Gasteiger charge is 2.69. The van der Waals surface area contributed by atoms with Crippen LogP contribution in [0.25, 0.3) is 0 Å². The minimum Gasteiger partial charge on any atom is -0.340 e. The number of sulfone groups is 1. The molecular formula is C37H59NO4S. The van der Waals surface area contributed by atoms with E-state index in [4.69, 9.17) is 0 Å². The van der Waals surface area contributed by atoms with E-state index in [2.05, 4.69) is 54.5 Å². The van der Waals surface area contributed by atoms with Gasteiger partial charge in [-0.15, -0.1) is 0 Å². The minimum atomic E-state index is -3.04. The molecule has 0 spiro atoms. The van der Waals surface area contributed by atoms with Crippen molar-refractivity contribution in [1.82, 2.24) is 4.90 Å². The van der Waals surface area contributed by atoms with Gasteiger partial charge in [-0.05, 0) is 122 Å². The molecule has 242 valence electrons. The molecule has 1 heterocycles. The number of carbonyl (C=O) groups excluding carboxylic acids is 2. The van der Waals surface area contributed by atoms with Gasteiger partial charge >= 0.3 is 0 Å². The van der Waals surface area contributed by atoms with Crippen LogP contribution in [-0.4, -0.2) is 49.6 Å². The van der Waals surface area contributed by atoms with Gasteiger partial charge in [0.15, 0.2) is 9.84 Å². The number of fused-ring (bicyclic) bond motifs is 7. The minimum absolute atomic E-state index is 0.0668. The molecule has 5 aliphatic carbocycles. The zero-order chi connectivity index (χ0) is 31.4. The molecule has 6 heteroatoms. The van der Waals surface area contributed by atoms with Gasteiger partial charge < -0.3 is 9.69 Å². The fourth-order valence-corrected chi connectivity index (χ4v) is 13.8. The van der Waals surface area contributed by atoms with E-state index in [0.29, 0.717) is 36.6 Å². The van der Waals surface area contributed by atoms with Crippen LogP contribution in [0, 0.1) is 56.2 Å². The van der Waals surface area contributed by atoms with Crippen LogP contribution in [0.5, 0.6) is 0 Å². The molecule has 1 aliphatic heterocycles. The number of amides is 1. The standard InChI is InChI=1S/C37H59NO4S/c1-25(39)23-26-11-13-34(6)29(33(26,4)5)12-14-36(8)30(34)10-9-27-28-24-32(2,3)15-17-37(28,18-16-35(27,36)7)31(40)38-19-21-43(41,42)22-20-38/h9,26,28-30H,10-24H2,1-8H3/t26-,28+,29+,30-,34+,35-,36-,37+/m1/s1. The molecule has 0 aromatic heterocycles. The van der Waals surface area contributed by atoms with Gasteiger partial charge in [0.2, 0.25) is 5.91 Å². The van der Waals surface area contributed by atoms with Crippen molar-refractivity contribution in [3.63, 3.8) is 0 Å². The quantitative estimate of drug-likeness (QED) is 0.307. The molecule has 0 bridgehead atoms. The van der Waals surface area contributed by atoms with Crippen LogP contribution >= 0.6 is 0 Å². The molecule has 4 saturated carbocycles. The maximum Gasteiger partial charge on any atom is 0.229 e. The lowest BCUT2D eigenvalue weighted by molar-refractivity contribution is -0.195. The lowest BCUT2D eigenvalue weighted by atomic mass is 9.33. The van der Waals surface area contributed by atoms with E-state index in [1.807, 2.05) is 4.90 Å². The Morgan fingerprint density at radius 3 is 2.16 bits per heavy atom. The van der Waals surface area contributed by atoms with Crippen LogP contribution in [0.2, 0.25) is 0 Å². The molecule has 5 fully saturated rings. The van der Waals surface area contributed by atoms with Crippen molar-refractivity contribution < 1.29 is 18.0 Å². The predicted molar refractivity (Wildman–Crippen MR) is 173 cm³/mol. The third-order valence-corrected chi connectivity index (χ3v) is 17.1. The van der Waals surface area contributed by atoms with Crippen molar-refractivity contribution in [3.8, 4) is 0 Å². The van der Waals surface area contributed by atoms with Crippen molar-refractivity contribution in [3.05, 3.63) is 11.6 Å². The number of Topliss-reactive ketones (excluding diaryl/α,β-unsaturated/α-hetero) is 1. The Balaban J connectivity index is 1.37. The topological polar surface area (TPSA) is 71.5 Å². The average Bonchev–Trinajstić information content (AvgIpc) is 2.90. The molecular weight excluding hydrogens is 554 g/mol. The molecule has 0 aromatic rings. The Labute approximate surface area is 262 Å². The van der Waals surface area contributed by atoms with E-state index >= 15 is 0 Å². The fraction of sp³-hybridized carbons (Fsp3) is 0.892. The van der Waals surface area contributed by atoms with Gasteiger partial charge in [0.25, 0.3) is 0 Å². The van der Waals surface area contributed by atoms with Crippen molar-refractivity contribution in [1.29, 1.82) is 0 Å². The highest BCUT2D eigenvalue weighted by atomic mass is 32.2. The summed E-state index contributed by atoms with van der Waals surface area (Å²) in [6.45, 7) is 20.0. The van der Waals surface area contributed by atoms with Crippen LogP contribution < -0.4 is 0 Å². The number of rotatable bonds is 3. The maximum atomic E-state index is 14.6. The molecule has 6 rings (SSSR count).